The van der Waals surface area contributed by atoms with Crippen molar-refractivity contribution in [2.75, 3.05) is 31.6 Å². The van der Waals surface area contributed by atoms with E-state index in [1.807, 2.05) is 44.2 Å². The van der Waals surface area contributed by atoms with Gasteiger partial charge < -0.3 is 19.7 Å². The molecule has 0 heterocycles. The Bertz CT molecular complexity index is 1810. The third-order valence-corrected chi connectivity index (χ3v) is 10.1. The van der Waals surface area contributed by atoms with E-state index in [9.17, 15) is 18.0 Å². The van der Waals surface area contributed by atoms with Crippen LogP contribution in [0.15, 0.2) is 102 Å². The van der Waals surface area contributed by atoms with Crippen molar-refractivity contribution in [3.05, 3.63) is 118 Å². The summed E-state index contributed by atoms with van der Waals surface area (Å²) in [6, 6.07) is 25.9. The van der Waals surface area contributed by atoms with Crippen molar-refractivity contribution in [3.63, 3.8) is 0 Å². The standard InChI is InChI=1S/C36H39Cl2N3O6S/c1-25(2)22-39-36(43)32(20-26-11-7-5-8-12-26)40(23-27-15-17-30(37)31(38)19-27)35(42)24-41(28-13-9-6-10-14-28)48(44,45)29-16-18-33(46-3)34(21-29)47-4/h5-19,21,25,32H,20,22-24H2,1-4H3,(H,39,43)/t32-/m0/s1. The van der Waals surface area contributed by atoms with Crippen LogP contribution < -0.4 is 19.1 Å². The van der Waals surface area contributed by atoms with E-state index in [0.29, 0.717) is 22.9 Å². The van der Waals surface area contributed by atoms with Gasteiger partial charge in [0.05, 0.1) is 34.8 Å². The zero-order valence-corrected chi connectivity index (χ0v) is 29.6. The van der Waals surface area contributed by atoms with Crippen molar-refractivity contribution in [2.45, 2.75) is 37.8 Å². The van der Waals surface area contributed by atoms with Gasteiger partial charge in [0, 0.05) is 25.6 Å². The zero-order chi connectivity index (χ0) is 34.8. The highest BCUT2D eigenvalue weighted by Crippen LogP contribution is 2.32. The van der Waals surface area contributed by atoms with E-state index in [4.69, 9.17) is 32.7 Å². The Kier molecular flexibility index (Phi) is 12.7. The summed E-state index contributed by atoms with van der Waals surface area (Å²) in [5.41, 5.74) is 1.70. The van der Waals surface area contributed by atoms with Crippen LogP contribution in [0.25, 0.3) is 0 Å². The van der Waals surface area contributed by atoms with Gasteiger partial charge in [-0.25, -0.2) is 8.42 Å². The van der Waals surface area contributed by atoms with Crippen molar-refractivity contribution in [1.82, 2.24) is 10.2 Å². The third-order valence-electron chi connectivity index (χ3n) is 7.56. The van der Waals surface area contributed by atoms with Gasteiger partial charge in [-0.2, -0.15) is 0 Å². The van der Waals surface area contributed by atoms with Crippen molar-refractivity contribution in [2.24, 2.45) is 5.92 Å². The van der Waals surface area contributed by atoms with Crippen LogP contribution in [0, 0.1) is 5.92 Å². The smallest absolute Gasteiger partial charge is 0.264 e. The van der Waals surface area contributed by atoms with E-state index in [1.54, 1.807) is 48.5 Å². The highest BCUT2D eigenvalue weighted by atomic mass is 35.5. The number of hydrogen-bond donors (Lipinski definition) is 1. The Morgan fingerprint density at radius 2 is 1.44 bits per heavy atom. The fraction of sp³-hybridized carbons (Fsp3) is 0.278. The lowest BCUT2D eigenvalue weighted by molar-refractivity contribution is -0.140. The fourth-order valence-electron chi connectivity index (χ4n) is 5.04. The minimum atomic E-state index is -4.34. The summed E-state index contributed by atoms with van der Waals surface area (Å²) in [5, 5.41) is 3.59. The number of para-hydroxylation sites is 1. The van der Waals surface area contributed by atoms with E-state index >= 15 is 0 Å². The molecule has 0 fully saturated rings. The molecule has 1 N–H and O–H groups in total. The van der Waals surface area contributed by atoms with Gasteiger partial charge in [-0.1, -0.05) is 91.6 Å². The molecule has 0 aliphatic rings. The second kappa shape index (κ2) is 16.7. The van der Waals surface area contributed by atoms with Crippen LogP contribution in [-0.2, 0) is 32.6 Å². The lowest BCUT2D eigenvalue weighted by atomic mass is 10.0. The first-order valence-electron chi connectivity index (χ1n) is 15.3. The van der Waals surface area contributed by atoms with Gasteiger partial charge in [0.25, 0.3) is 10.0 Å². The molecule has 0 spiro atoms. The predicted molar refractivity (Wildman–Crippen MR) is 189 cm³/mol. The Morgan fingerprint density at radius 1 is 0.792 bits per heavy atom. The van der Waals surface area contributed by atoms with E-state index in [2.05, 4.69) is 5.32 Å². The highest BCUT2D eigenvalue weighted by Gasteiger charge is 2.35. The average Bonchev–Trinajstić information content (AvgIpc) is 3.09. The number of carbonyl (C=O) groups excluding carboxylic acids is 2. The summed E-state index contributed by atoms with van der Waals surface area (Å²) in [5.74, 6) is -0.248. The topological polar surface area (TPSA) is 105 Å². The molecular weight excluding hydrogens is 673 g/mol. The Balaban J connectivity index is 1.82. The highest BCUT2D eigenvalue weighted by molar-refractivity contribution is 7.92. The van der Waals surface area contributed by atoms with E-state index in [0.717, 1.165) is 9.87 Å². The number of methoxy groups -OCH3 is 2. The minimum absolute atomic E-state index is 0.0403. The van der Waals surface area contributed by atoms with Crippen molar-refractivity contribution < 1.29 is 27.5 Å². The number of amides is 2. The van der Waals surface area contributed by atoms with Gasteiger partial charge in [-0.05, 0) is 53.4 Å². The number of ether oxygens (including phenoxy) is 2. The molecule has 4 aromatic carbocycles. The Morgan fingerprint density at radius 3 is 2.04 bits per heavy atom. The van der Waals surface area contributed by atoms with Gasteiger partial charge in [-0.15, -0.1) is 0 Å². The van der Waals surface area contributed by atoms with Crippen LogP contribution in [0.4, 0.5) is 5.69 Å². The number of rotatable bonds is 15. The molecule has 254 valence electrons. The third kappa shape index (κ3) is 9.21. The van der Waals surface area contributed by atoms with E-state index < -0.39 is 28.5 Å². The number of halogens is 2. The predicted octanol–water partition coefficient (Wildman–Crippen LogP) is 6.62. The number of carbonyl (C=O) groups is 2. The zero-order valence-electron chi connectivity index (χ0n) is 27.2. The number of benzene rings is 4. The average molecular weight is 713 g/mol. The number of nitrogens with one attached hydrogen (secondary N) is 1. The Labute approximate surface area is 292 Å². The monoisotopic (exact) mass is 711 g/mol. The molecule has 12 heteroatoms. The fourth-order valence-corrected chi connectivity index (χ4v) is 6.79. The van der Waals surface area contributed by atoms with E-state index in [1.165, 1.54) is 37.3 Å². The summed E-state index contributed by atoms with van der Waals surface area (Å²) in [7, 11) is -1.48. The molecule has 2 amide bonds. The van der Waals surface area contributed by atoms with Gasteiger partial charge >= 0.3 is 0 Å². The van der Waals surface area contributed by atoms with Crippen molar-refractivity contribution >= 4 is 50.7 Å². The van der Waals surface area contributed by atoms with E-state index in [-0.39, 0.29) is 46.1 Å². The molecule has 1 atom stereocenters. The Hall–Kier alpha value is -4.25. The molecule has 0 bridgehead atoms. The van der Waals surface area contributed by atoms with Crippen LogP contribution in [0.1, 0.15) is 25.0 Å². The summed E-state index contributed by atoms with van der Waals surface area (Å²) in [6.07, 6.45) is 0.186. The summed E-state index contributed by atoms with van der Waals surface area (Å²) < 4.78 is 40.3. The first-order chi connectivity index (χ1) is 22.9. The molecule has 0 unspecified atom stereocenters. The number of nitrogens with zero attached hydrogens (tertiary/aromatic N) is 2. The van der Waals surface area contributed by atoms with Crippen LogP contribution in [0.5, 0.6) is 11.5 Å². The molecule has 9 nitrogen and oxygen atoms in total. The van der Waals surface area contributed by atoms with Crippen molar-refractivity contribution in [3.8, 4) is 11.5 Å². The molecule has 0 radical (unpaired) electrons. The largest absolute Gasteiger partial charge is 0.493 e. The molecular formula is C36H39Cl2N3O6S. The van der Waals surface area contributed by atoms with Gasteiger partial charge in [0.2, 0.25) is 11.8 Å². The summed E-state index contributed by atoms with van der Waals surface area (Å²) >= 11 is 12.5. The normalized spacial score (nSPS) is 11.9. The van der Waals surface area contributed by atoms with Crippen LogP contribution in [-0.4, -0.2) is 58.5 Å². The molecule has 0 aromatic heterocycles. The molecule has 4 rings (SSSR count). The molecule has 0 saturated heterocycles. The maximum absolute atomic E-state index is 14.6. The van der Waals surface area contributed by atoms with Crippen LogP contribution in [0.3, 0.4) is 0 Å². The molecule has 48 heavy (non-hydrogen) atoms. The van der Waals surface area contributed by atoms with Crippen LogP contribution >= 0.6 is 23.2 Å². The minimum Gasteiger partial charge on any atom is -0.493 e. The van der Waals surface area contributed by atoms with Gasteiger partial charge in [0.15, 0.2) is 11.5 Å². The second-order valence-corrected chi connectivity index (χ2v) is 14.2. The van der Waals surface area contributed by atoms with Gasteiger partial charge in [0.1, 0.15) is 12.6 Å². The lowest BCUT2D eigenvalue weighted by Gasteiger charge is -2.34. The quantitative estimate of drug-likeness (QED) is 0.149. The maximum Gasteiger partial charge on any atom is 0.264 e. The second-order valence-electron chi connectivity index (χ2n) is 11.5. The first-order valence-corrected chi connectivity index (χ1v) is 17.5. The summed E-state index contributed by atoms with van der Waals surface area (Å²) in [6.45, 7) is 3.69. The SMILES string of the molecule is COc1ccc(S(=O)(=O)N(CC(=O)N(Cc2ccc(Cl)c(Cl)c2)[C@@H](Cc2ccccc2)C(=O)NCC(C)C)c2ccccc2)cc1OC. The number of hydrogen-bond acceptors (Lipinski definition) is 6. The molecule has 0 saturated carbocycles. The lowest BCUT2D eigenvalue weighted by Crippen LogP contribution is -2.53. The maximum atomic E-state index is 14.6. The number of sulfonamides is 1. The van der Waals surface area contributed by atoms with Crippen molar-refractivity contribution in [1.29, 1.82) is 0 Å². The molecule has 0 aliphatic heterocycles. The molecule has 0 aliphatic carbocycles. The number of anilines is 1. The van der Waals surface area contributed by atoms with Crippen LogP contribution in [0.2, 0.25) is 10.0 Å². The van der Waals surface area contributed by atoms with Gasteiger partial charge in [-0.3, -0.25) is 13.9 Å². The first kappa shape index (κ1) is 36.6. The summed E-state index contributed by atoms with van der Waals surface area (Å²) in [4.78, 5) is 29.8. The molecule has 4 aromatic rings.